The average molecular weight is 212 g/mol. The van der Waals surface area contributed by atoms with Crippen LogP contribution in [0.25, 0.3) is 0 Å². The molecule has 15 heavy (non-hydrogen) atoms. The zero-order chi connectivity index (χ0) is 11.2. The first-order chi connectivity index (χ1) is 7.02. The Hall–Kier alpha value is -0.0800. The largest absolute Gasteiger partial charge is 0.392 e. The summed E-state index contributed by atoms with van der Waals surface area (Å²) in [5.74, 6) is 2.03. The molecule has 2 aliphatic carbocycles. The van der Waals surface area contributed by atoms with Gasteiger partial charge >= 0.3 is 0 Å². The number of aliphatic hydroxyl groups is 2. The first-order valence-electron chi connectivity index (χ1n) is 6.38. The van der Waals surface area contributed by atoms with Crippen LogP contribution in [0, 0.1) is 29.6 Å². The molecule has 0 amide bonds. The maximum Gasteiger partial charge on any atom is 0.0626 e. The molecule has 0 radical (unpaired) electrons. The third-order valence-corrected chi connectivity index (χ3v) is 4.78. The summed E-state index contributed by atoms with van der Waals surface area (Å²) in [6, 6.07) is 0. The Kier molecular flexibility index (Phi) is 3.09. The normalized spacial score (nSPS) is 50.8. The zero-order valence-electron chi connectivity index (χ0n) is 10.1. The van der Waals surface area contributed by atoms with Crippen LogP contribution in [0.3, 0.4) is 0 Å². The topological polar surface area (TPSA) is 40.5 Å². The summed E-state index contributed by atoms with van der Waals surface area (Å²) in [6.07, 6.45) is 2.89. The van der Waals surface area contributed by atoms with E-state index in [0.29, 0.717) is 23.7 Å². The number of hydrogen-bond donors (Lipinski definition) is 2. The van der Waals surface area contributed by atoms with Gasteiger partial charge in [-0.25, -0.2) is 0 Å². The molecule has 2 heteroatoms. The molecule has 6 atom stereocenters. The summed E-state index contributed by atoms with van der Waals surface area (Å²) >= 11 is 0. The van der Waals surface area contributed by atoms with E-state index in [-0.39, 0.29) is 18.1 Å². The highest BCUT2D eigenvalue weighted by Crippen LogP contribution is 2.49. The second kappa shape index (κ2) is 4.06. The molecular formula is C13H24O2. The summed E-state index contributed by atoms with van der Waals surface area (Å²) < 4.78 is 0. The van der Waals surface area contributed by atoms with Gasteiger partial charge in [-0.05, 0) is 42.9 Å². The fourth-order valence-electron chi connectivity index (χ4n) is 3.70. The minimum absolute atomic E-state index is 0.154. The van der Waals surface area contributed by atoms with Crippen LogP contribution in [0.1, 0.15) is 40.0 Å². The molecule has 0 heterocycles. The standard InChI is InChI=1S/C13H24O2/c1-7(2)10-6-9-5-4-8(3)12(14)11(9)13(10)15/h7-15H,4-6H2,1-3H3/t8-,9?,10-,11?,12?,13?/m0/s1. The van der Waals surface area contributed by atoms with Gasteiger partial charge in [0.2, 0.25) is 0 Å². The van der Waals surface area contributed by atoms with Gasteiger partial charge in [0, 0.05) is 5.92 Å². The van der Waals surface area contributed by atoms with Crippen molar-refractivity contribution in [3.8, 4) is 0 Å². The van der Waals surface area contributed by atoms with Crippen molar-refractivity contribution in [3.05, 3.63) is 0 Å². The maximum absolute atomic E-state index is 10.3. The summed E-state index contributed by atoms with van der Waals surface area (Å²) in [5.41, 5.74) is 0. The van der Waals surface area contributed by atoms with Crippen molar-refractivity contribution in [3.63, 3.8) is 0 Å². The monoisotopic (exact) mass is 212 g/mol. The van der Waals surface area contributed by atoms with Crippen LogP contribution in [-0.4, -0.2) is 22.4 Å². The maximum atomic E-state index is 10.3. The Morgan fingerprint density at radius 3 is 2.33 bits per heavy atom. The van der Waals surface area contributed by atoms with Gasteiger partial charge in [-0.3, -0.25) is 0 Å². The molecule has 4 unspecified atom stereocenters. The van der Waals surface area contributed by atoms with Gasteiger partial charge in [0.25, 0.3) is 0 Å². The lowest BCUT2D eigenvalue weighted by molar-refractivity contribution is -0.0517. The minimum Gasteiger partial charge on any atom is -0.392 e. The molecule has 0 bridgehead atoms. The SMILES string of the molecule is CC(C)[C@@H]1CC2CC[C@H](C)C(O)C2C1O. The molecule has 2 rings (SSSR count). The molecule has 0 aliphatic heterocycles. The van der Waals surface area contributed by atoms with Crippen LogP contribution < -0.4 is 0 Å². The minimum atomic E-state index is -0.275. The summed E-state index contributed by atoms with van der Waals surface area (Å²) in [5, 5.41) is 20.4. The van der Waals surface area contributed by atoms with Crippen molar-refractivity contribution in [2.45, 2.75) is 52.2 Å². The lowest BCUT2D eigenvalue weighted by Gasteiger charge is -2.36. The number of hydrogen-bond acceptors (Lipinski definition) is 2. The highest BCUT2D eigenvalue weighted by atomic mass is 16.3. The fourth-order valence-corrected chi connectivity index (χ4v) is 3.70. The fraction of sp³-hybridized carbons (Fsp3) is 1.00. The van der Waals surface area contributed by atoms with E-state index in [1.807, 2.05) is 0 Å². The Labute approximate surface area is 92.7 Å². The highest BCUT2D eigenvalue weighted by molar-refractivity contribution is 4.99. The van der Waals surface area contributed by atoms with Crippen molar-refractivity contribution in [2.24, 2.45) is 29.6 Å². The Morgan fingerprint density at radius 1 is 1.07 bits per heavy atom. The quantitative estimate of drug-likeness (QED) is 0.698. The summed E-state index contributed by atoms with van der Waals surface area (Å²) in [4.78, 5) is 0. The van der Waals surface area contributed by atoms with Crippen LogP contribution >= 0.6 is 0 Å². The molecular weight excluding hydrogens is 188 g/mol. The van der Waals surface area contributed by atoms with E-state index in [1.54, 1.807) is 0 Å². The molecule has 0 aromatic heterocycles. The van der Waals surface area contributed by atoms with Gasteiger partial charge in [0.15, 0.2) is 0 Å². The zero-order valence-corrected chi connectivity index (χ0v) is 10.1. The van der Waals surface area contributed by atoms with E-state index >= 15 is 0 Å². The van der Waals surface area contributed by atoms with Crippen molar-refractivity contribution in [2.75, 3.05) is 0 Å². The van der Waals surface area contributed by atoms with Crippen molar-refractivity contribution in [1.29, 1.82) is 0 Å². The molecule has 0 aromatic carbocycles. The van der Waals surface area contributed by atoms with Crippen LogP contribution in [0.4, 0.5) is 0 Å². The molecule has 2 nitrogen and oxygen atoms in total. The average Bonchev–Trinajstić information content (AvgIpc) is 2.50. The van der Waals surface area contributed by atoms with Gasteiger partial charge < -0.3 is 10.2 Å². The van der Waals surface area contributed by atoms with E-state index in [0.717, 1.165) is 12.8 Å². The van der Waals surface area contributed by atoms with Crippen molar-refractivity contribution >= 4 is 0 Å². The molecule has 0 saturated heterocycles. The first-order valence-corrected chi connectivity index (χ1v) is 6.38. The van der Waals surface area contributed by atoms with Crippen LogP contribution in [-0.2, 0) is 0 Å². The third-order valence-electron chi connectivity index (χ3n) is 4.78. The molecule has 0 spiro atoms. The van der Waals surface area contributed by atoms with E-state index in [1.165, 1.54) is 6.42 Å². The number of rotatable bonds is 1. The van der Waals surface area contributed by atoms with Crippen LogP contribution in [0.2, 0.25) is 0 Å². The molecule has 2 aliphatic rings. The first kappa shape index (κ1) is 11.4. The summed E-state index contributed by atoms with van der Waals surface area (Å²) in [6.45, 7) is 6.47. The van der Waals surface area contributed by atoms with E-state index < -0.39 is 0 Å². The third kappa shape index (κ3) is 1.83. The predicted octanol–water partition coefficient (Wildman–Crippen LogP) is 2.05. The summed E-state index contributed by atoms with van der Waals surface area (Å²) in [7, 11) is 0. The van der Waals surface area contributed by atoms with Crippen LogP contribution in [0.15, 0.2) is 0 Å². The predicted molar refractivity (Wildman–Crippen MR) is 60.3 cm³/mol. The Bertz CT molecular complexity index is 227. The van der Waals surface area contributed by atoms with Crippen LogP contribution in [0.5, 0.6) is 0 Å². The van der Waals surface area contributed by atoms with E-state index in [4.69, 9.17) is 0 Å². The van der Waals surface area contributed by atoms with Gasteiger partial charge in [0.1, 0.15) is 0 Å². The molecule has 0 aromatic rings. The van der Waals surface area contributed by atoms with Gasteiger partial charge in [-0.2, -0.15) is 0 Å². The lowest BCUT2D eigenvalue weighted by atomic mass is 9.73. The van der Waals surface area contributed by atoms with E-state index in [2.05, 4.69) is 20.8 Å². The van der Waals surface area contributed by atoms with Gasteiger partial charge in [-0.15, -0.1) is 0 Å². The molecule has 2 saturated carbocycles. The second-order valence-corrected chi connectivity index (χ2v) is 6.02. The smallest absolute Gasteiger partial charge is 0.0626 e. The lowest BCUT2D eigenvalue weighted by Crippen LogP contribution is -2.41. The Balaban J connectivity index is 2.13. The van der Waals surface area contributed by atoms with E-state index in [9.17, 15) is 10.2 Å². The Morgan fingerprint density at radius 2 is 1.73 bits per heavy atom. The van der Waals surface area contributed by atoms with Crippen molar-refractivity contribution < 1.29 is 10.2 Å². The molecule has 2 N–H and O–H groups in total. The number of aliphatic hydroxyl groups excluding tert-OH is 2. The van der Waals surface area contributed by atoms with Crippen molar-refractivity contribution in [1.82, 2.24) is 0 Å². The van der Waals surface area contributed by atoms with Gasteiger partial charge in [0.05, 0.1) is 12.2 Å². The second-order valence-electron chi connectivity index (χ2n) is 6.02. The molecule has 88 valence electrons. The van der Waals surface area contributed by atoms with Gasteiger partial charge in [-0.1, -0.05) is 20.8 Å². The highest BCUT2D eigenvalue weighted by Gasteiger charge is 2.49. The number of fused-ring (bicyclic) bond motifs is 1. The molecule has 2 fully saturated rings.